The maximum atomic E-state index is 13.0. The number of carboxylic acid groups (broad SMARTS) is 1. The van der Waals surface area contributed by atoms with Crippen LogP contribution in [0, 0.1) is 0 Å². The maximum absolute atomic E-state index is 13.0. The number of hydrogen-bond acceptors (Lipinski definition) is 10. The molecule has 5 heterocycles. The van der Waals surface area contributed by atoms with Crippen LogP contribution in [0.5, 0.6) is 0 Å². The van der Waals surface area contributed by atoms with Crippen molar-refractivity contribution in [2.45, 2.75) is 18.0 Å². The molecule has 2 amide bonds. The highest BCUT2D eigenvalue weighted by Gasteiger charge is 2.53. The molecule has 3 aromatic rings. The number of thiophene rings is 1. The number of nitrogens with zero attached hydrogens (tertiary/aromatic N) is 4. The number of nitrogens with one attached hydrogen (secondary N) is 1. The van der Waals surface area contributed by atoms with Gasteiger partial charge >= 0.3 is 0 Å². The Balaban J connectivity index is 1.38. The largest absolute Gasteiger partial charge is 0.543 e. The molecule has 13 heteroatoms. The molecule has 0 saturated carbocycles. The van der Waals surface area contributed by atoms with E-state index in [1.807, 2.05) is 34.3 Å². The first-order valence-corrected chi connectivity index (χ1v) is 12.7. The van der Waals surface area contributed by atoms with Crippen molar-refractivity contribution in [3.63, 3.8) is 0 Å². The summed E-state index contributed by atoms with van der Waals surface area (Å²) >= 11 is 2.96. The molecule has 1 saturated heterocycles. The Labute approximate surface area is 213 Å². The van der Waals surface area contributed by atoms with Crippen molar-refractivity contribution in [2.24, 2.45) is 5.16 Å². The van der Waals surface area contributed by atoms with Gasteiger partial charge in [0.2, 0.25) is 5.52 Å². The van der Waals surface area contributed by atoms with Gasteiger partial charge in [0.25, 0.3) is 11.8 Å². The van der Waals surface area contributed by atoms with Gasteiger partial charge in [0, 0.05) is 23.5 Å². The number of aromatic nitrogens is 2. The zero-order valence-electron chi connectivity index (χ0n) is 18.9. The molecule has 36 heavy (non-hydrogen) atoms. The van der Waals surface area contributed by atoms with Crippen molar-refractivity contribution < 1.29 is 28.9 Å². The van der Waals surface area contributed by atoms with Crippen molar-refractivity contribution in [1.82, 2.24) is 15.2 Å². The second-order valence-corrected chi connectivity index (χ2v) is 10.0. The molecule has 5 rings (SSSR count). The summed E-state index contributed by atoms with van der Waals surface area (Å²) in [6.07, 6.45) is 1.87. The van der Waals surface area contributed by atoms with Crippen LogP contribution in [-0.2, 0) is 25.8 Å². The van der Waals surface area contributed by atoms with Gasteiger partial charge < -0.3 is 25.8 Å². The van der Waals surface area contributed by atoms with E-state index in [4.69, 9.17) is 10.6 Å². The maximum Gasteiger partial charge on any atom is 0.276 e. The second-order valence-electron chi connectivity index (χ2n) is 7.98. The summed E-state index contributed by atoms with van der Waals surface area (Å²) < 4.78 is 3.01. The van der Waals surface area contributed by atoms with Gasteiger partial charge in [-0.2, -0.15) is 4.57 Å². The Morgan fingerprint density at radius 1 is 1.33 bits per heavy atom. The molecule has 3 aromatic heterocycles. The van der Waals surface area contributed by atoms with Crippen LogP contribution in [0.1, 0.15) is 5.69 Å². The fourth-order valence-corrected chi connectivity index (χ4v) is 6.36. The Kier molecular flexibility index (Phi) is 6.33. The normalized spacial score (nSPS) is 19.6. The van der Waals surface area contributed by atoms with E-state index in [2.05, 4.69) is 15.5 Å². The van der Waals surface area contributed by atoms with E-state index in [1.165, 1.54) is 29.8 Å². The zero-order chi connectivity index (χ0) is 25.4. The molecule has 2 aliphatic heterocycles. The number of anilines is 1. The number of aliphatic carboxylic acids is 1. The number of carboxylic acids is 1. The zero-order valence-corrected chi connectivity index (χ0v) is 20.5. The molecule has 3 N–H and O–H groups in total. The van der Waals surface area contributed by atoms with Crippen molar-refractivity contribution in [1.29, 1.82) is 0 Å². The highest BCUT2D eigenvalue weighted by Crippen LogP contribution is 2.40. The van der Waals surface area contributed by atoms with Crippen LogP contribution in [0.3, 0.4) is 0 Å². The van der Waals surface area contributed by atoms with Crippen molar-refractivity contribution >= 4 is 62.6 Å². The molecular weight excluding hydrogens is 504 g/mol. The Bertz CT molecular complexity index is 1450. The summed E-state index contributed by atoms with van der Waals surface area (Å²) in [6, 6.07) is 9.60. The first kappa shape index (κ1) is 23.8. The van der Waals surface area contributed by atoms with Gasteiger partial charge in [-0.1, -0.05) is 11.2 Å². The summed E-state index contributed by atoms with van der Waals surface area (Å²) in [4.78, 5) is 48.2. The van der Waals surface area contributed by atoms with Crippen LogP contribution in [0.25, 0.3) is 10.2 Å². The molecule has 0 aromatic carbocycles. The van der Waals surface area contributed by atoms with E-state index < -0.39 is 29.2 Å². The van der Waals surface area contributed by atoms with Crippen molar-refractivity contribution in [2.75, 3.05) is 18.6 Å². The summed E-state index contributed by atoms with van der Waals surface area (Å²) in [7, 11) is 1.28. The first-order chi connectivity index (χ1) is 17.4. The van der Waals surface area contributed by atoms with E-state index in [0.29, 0.717) is 17.9 Å². The van der Waals surface area contributed by atoms with Gasteiger partial charge in [0.1, 0.15) is 30.0 Å². The molecule has 11 nitrogen and oxygen atoms in total. The minimum absolute atomic E-state index is 0.155. The number of amides is 2. The number of rotatable bonds is 7. The lowest BCUT2D eigenvalue weighted by Crippen LogP contribution is -2.71. The summed E-state index contributed by atoms with van der Waals surface area (Å²) in [5, 5.41) is 19.9. The van der Waals surface area contributed by atoms with E-state index in [-0.39, 0.29) is 22.9 Å². The van der Waals surface area contributed by atoms with E-state index in [9.17, 15) is 19.5 Å². The molecule has 0 aliphatic carbocycles. The minimum atomic E-state index is -1.43. The van der Waals surface area contributed by atoms with Gasteiger partial charge in [-0.25, -0.2) is 4.98 Å². The average Bonchev–Trinajstić information content (AvgIpc) is 3.35. The number of fused-ring (bicyclic) bond motifs is 2. The Hall–Kier alpha value is -3.97. The van der Waals surface area contributed by atoms with Crippen LogP contribution < -0.4 is 20.7 Å². The standard InChI is InChI=1S/C23H20N6O5S2/c1-34-27-17(13-4-2-6-16(24)25-13)20(30)26-18-21(31)29-19(23(32)33)12(11-36-22(18)29)10-28-8-3-5-15-14(28)7-9-35-15/h2-9,18,22H,10-11H2,1H3,(H3-,24,25,26,30,32,33)/b27-17+. The number of pyridine rings is 2. The lowest BCUT2D eigenvalue weighted by molar-refractivity contribution is -0.663. The number of oxime groups is 1. The van der Waals surface area contributed by atoms with Crippen LogP contribution in [0.15, 0.2) is 64.4 Å². The van der Waals surface area contributed by atoms with Crippen molar-refractivity contribution in [3.05, 3.63) is 64.9 Å². The van der Waals surface area contributed by atoms with E-state index >= 15 is 0 Å². The summed E-state index contributed by atoms with van der Waals surface area (Å²) in [5.41, 5.74) is 7.10. The Morgan fingerprint density at radius 2 is 2.17 bits per heavy atom. The van der Waals surface area contributed by atoms with Gasteiger partial charge in [0.05, 0.1) is 16.4 Å². The van der Waals surface area contributed by atoms with Crippen LogP contribution in [0.4, 0.5) is 5.82 Å². The van der Waals surface area contributed by atoms with Crippen LogP contribution >= 0.6 is 23.1 Å². The lowest BCUT2D eigenvalue weighted by Gasteiger charge is -2.50. The lowest BCUT2D eigenvalue weighted by atomic mass is 10.0. The monoisotopic (exact) mass is 524 g/mol. The first-order valence-electron chi connectivity index (χ1n) is 10.8. The number of hydrogen-bond donors (Lipinski definition) is 2. The molecular formula is C23H20N6O5S2. The number of carbonyl (C=O) groups is 3. The van der Waals surface area contributed by atoms with Crippen LogP contribution in [0.2, 0.25) is 0 Å². The van der Waals surface area contributed by atoms with Gasteiger partial charge in [-0.15, -0.1) is 23.1 Å². The molecule has 2 atom stereocenters. The second kappa shape index (κ2) is 9.59. The number of nitrogens with two attached hydrogens (primary N) is 1. The molecule has 2 unspecified atom stereocenters. The molecule has 0 spiro atoms. The topological polar surface area (TPSA) is 154 Å². The number of carbonyl (C=O) groups excluding carboxylic acids is 3. The number of β-lactam (4-membered cyclic amide) rings is 1. The quantitative estimate of drug-likeness (QED) is 0.184. The van der Waals surface area contributed by atoms with Gasteiger partial charge in [0.15, 0.2) is 18.5 Å². The molecule has 184 valence electrons. The third-order valence-corrected chi connectivity index (χ3v) is 8.01. The minimum Gasteiger partial charge on any atom is -0.543 e. The SMILES string of the molecule is CO/N=C(/C(=O)NC1C(=O)N2C(C(=O)[O-])=C(C[n+]3cccc4sccc43)CSC12)c1cccc(N)n1. The predicted molar refractivity (Wildman–Crippen MR) is 131 cm³/mol. The third-order valence-electron chi connectivity index (χ3n) is 5.80. The average molecular weight is 525 g/mol. The fraction of sp³-hybridized carbons (Fsp3) is 0.217. The molecule has 2 aliphatic rings. The predicted octanol–water partition coefficient (Wildman–Crippen LogP) is -0.379. The van der Waals surface area contributed by atoms with E-state index in [1.54, 1.807) is 23.5 Å². The summed E-state index contributed by atoms with van der Waals surface area (Å²) in [6.45, 7) is 0.295. The third kappa shape index (κ3) is 4.16. The van der Waals surface area contributed by atoms with E-state index in [0.717, 1.165) is 10.2 Å². The number of nitrogen functional groups attached to an aromatic ring is 1. The highest BCUT2D eigenvalue weighted by atomic mass is 32.2. The van der Waals surface area contributed by atoms with Gasteiger partial charge in [-0.05, 0) is 23.6 Å². The van der Waals surface area contributed by atoms with Crippen LogP contribution in [-0.4, -0.2) is 57.7 Å². The fourth-order valence-electron chi connectivity index (χ4n) is 4.22. The number of thioether (sulfide) groups is 1. The molecule has 0 bridgehead atoms. The highest BCUT2D eigenvalue weighted by molar-refractivity contribution is 8.00. The van der Waals surface area contributed by atoms with Crippen molar-refractivity contribution in [3.8, 4) is 0 Å². The smallest absolute Gasteiger partial charge is 0.276 e. The summed E-state index contributed by atoms with van der Waals surface area (Å²) in [5.74, 6) is -2.14. The van der Waals surface area contributed by atoms with Gasteiger partial charge in [-0.3, -0.25) is 14.5 Å². The molecule has 1 fully saturated rings. The Morgan fingerprint density at radius 3 is 2.92 bits per heavy atom. The molecule has 0 radical (unpaired) electrons.